The third-order valence-electron chi connectivity index (χ3n) is 2.86. The number of phenols is 1. The predicted molar refractivity (Wildman–Crippen MR) is 64.2 cm³/mol. The van der Waals surface area contributed by atoms with Crippen LogP contribution >= 0.6 is 0 Å². The zero-order valence-corrected chi connectivity index (χ0v) is 11.2. The number of aliphatic hydroxyl groups is 1. The normalized spacial score (nSPS) is 14.8. The highest BCUT2D eigenvalue weighted by molar-refractivity contribution is 5.83. The fourth-order valence-electron chi connectivity index (χ4n) is 2.11. The minimum absolute atomic E-state index is 0.0598. The van der Waals surface area contributed by atoms with Crippen LogP contribution in [0.5, 0.6) is 5.75 Å². The Morgan fingerprint density at radius 1 is 1.25 bits per heavy atom. The van der Waals surface area contributed by atoms with Crippen LogP contribution in [0.1, 0.15) is 23.6 Å². The van der Waals surface area contributed by atoms with Gasteiger partial charge in [0.25, 0.3) is 5.60 Å². The maximum atomic E-state index is 13.2. The molecule has 0 heterocycles. The molecule has 1 atom stereocenters. The average Bonchev–Trinajstić information content (AvgIpc) is 2.25. The Labute approximate surface area is 113 Å². The summed E-state index contributed by atoms with van der Waals surface area (Å²) in [6.45, 7) is 3.56. The first kappa shape index (κ1) is 16.3. The highest BCUT2D eigenvalue weighted by Gasteiger charge is 2.63. The number of ether oxygens (including phenoxy) is 1. The molecule has 0 spiro atoms. The van der Waals surface area contributed by atoms with Gasteiger partial charge in [0.2, 0.25) is 0 Å². The molecule has 0 saturated heterocycles. The van der Waals surface area contributed by atoms with Gasteiger partial charge in [0.1, 0.15) is 5.75 Å². The largest absolute Gasteiger partial charge is 0.508 e. The Kier molecular flexibility index (Phi) is 4.33. The van der Waals surface area contributed by atoms with E-state index >= 15 is 0 Å². The SMILES string of the molecule is CCOC(=O)C(O)(c1c(C)cc(O)cc1C)C(F)(F)F. The first-order chi connectivity index (χ1) is 9.05. The van der Waals surface area contributed by atoms with E-state index in [0.29, 0.717) is 0 Å². The van der Waals surface area contributed by atoms with Gasteiger partial charge in [-0.05, 0) is 44.0 Å². The number of rotatable bonds is 3. The highest BCUT2D eigenvalue weighted by atomic mass is 19.4. The smallest absolute Gasteiger partial charge is 0.432 e. The second kappa shape index (κ2) is 5.32. The summed E-state index contributed by atoms with van der Waals surface area (Å²) >= 11 is 0. The zero-order valence-electron chi connectivity index (χ0n) is 11.2. The fraction of sp³-hybridized carbons (Fsp3) is 0.462. The second-order valence-corrected chi connectivity index (χ2v) is 4.38. The maximum absolute atomic E-state index is 13.2. The summed E-state index contributed by atoms with van der Waals surface area (Å²) < 4.78 is 44.0. The Bertz CT molecular complexity index is 502. The highest BCUT2D eigenvalue weighted by Crippen LogP contribution is 2.43. The molecule has 0 bridgehead atoms. The third kappa shape index (κ3) is 2.58. The zero-order chi connectivity index (χ0) is 15.7. The lowest BCUT2D eigenvalue weighted by Crippen LogP contribution is -2.51. The van der Waals surface area contributed by atoms with Crippen LogP contribution in [0, 0.1) is 13.8 Å². The van der Waals surface area contributed by atoms with Crippen LogP contribution in [0.2, 0.25) is 0 Å². The van der Waals surface area contributed by atoms with Crippen LogP contribution in [0.25, 0.3) is 0 Å². The van der Waals surface area contributed by atoms with Crippen LogP contribution in [0.3, 0.4) is 0 Å². The molecule has 0 radical (unpaired) electrons. The van der Waals surface area contributed by atoms with Crippen molar-refractivity contribution in [3.05, 3.63) is 28.8 Å². The van der Waals surface area contributed by atoms with E-state index in [1.165, 1.54) is 20.8 Å². The molecule has 1 unspecified atom stereocenters. The monoisotopic (exact) mass is 292 g/mol. The Hall–Kier alpha value is -1.76. The third-order valence-corrected chi connectivity index (χ3v) is 2.86. The molecular weight excluding hydrogens is 277 g/mol. The number of hydrogen-bond acceptors (Lipinski definition) is 4. The van der Waals surface area contributed by atoms with Crippen molar-refractivity contribution in [2.45, 2.75) is 32.5 Å². The molecule has 0 amide bonds. The number of esters is 1. The van der Waals surface area contributed by atoms with Crippen molar-refractivity contribution in [1.29, 1.82) is 0 Å². The summed E-state index contributed by atoms with van der Waals surface area (Å²) in [7, 11) is 0. The standard InChI is InChI=1S/C13H15F3O4/c1-4-20-11(18)12(19,13(14,15)16)10-7(2)5-9(17)6-8(10)3/h5-6,17,19H,4H2,1-3H3. The van der Waals surface area contributed by atoms with Gasteiger partial charge >= 0.3 is 12.1 Å². The number of benzene rings is 1. The minimum Gasteiger partial charge on any atom is -0.508 e. The molecule has 0 aromatic heterocycles. The molecule has 1 aromatic carbocycles. The number of carbonyl (C=O) groups is 1. The molecule has 4 nitrogen and oxygen atoms in total. The van der Waals surface area contributed by atoms with Gasteiger partial charge in [-0.25, -0.2) is 4.79 Å². The maximum Gasteiger partial charge on any atom is 0.432 e. The van der Waals surface area contributed by atoms with Crippen LogP contribution in [-0.4, -0.2) is 29.0 Å². The van der Waals surface area contributed by atoms with Crippen LogP contribution < -0.4 is 0 Å². The summed E-state index contributed by atoms with van der Waals surface area (Å²) in [4.78, 5) is 11.6. The summed E-state index contributed by atoms with van der Waals surface area (Å²) in [5, 5.41) is 19.3. The molecule has 0 fully saturated rings. The average molecular weight is 292 g/mol. The molecule has 1 aromatic rings. The lowest BCUT2D eigenvalue weighted by molar-refractivity contribution is -0.268. The van der Waals surface area contributed by atoms with Gasteiger partial charge in [-0.3, -0.25) is 0 Å². The number of aryl methyl sites for hydroxylation is 2. The van der Waals surface area contributed by atoms with Crippen molar-refractivity contribution in [2.24, 2.45) is 0 Å². The van der Waals surface area contributed by atoms with E-state index in [-0.39, 0.29) is 23.5 Å². The van der Waals surface area contributed by atoms with E-state index in [9.17, 15) is 28.2 Å². The van der Waals surface area contributed by atoms with Gasteiger partial charge in [0.15, 0.2) is 0 Å². The lowest BCUT2D eigenvalue weighted by Gasteiger charge is -2.31. The topological polar surface area (TPSA) is 66.8 Å². The second-order valence-electron chi connectivity index (χ2n) is 4.38. The molecule has 1 rings (SSSR count). The Balaban J connectivity index is 3.60. The number of hydrogen-bond donors (Lipinski definition) is 2. The quantitative estimate of drug-likeness (QED) is 0.839. The number of carbonyl (C=O) groups excluding carboxylic acids is 1. The number of alkyl halides is 3. The first-order valence-electron chi connectivity index (χ1n) is 5.82. The molecular formula is C13H15F3O4. The van der Waals surface area contributed by atoms with Crippen LogP contribution in [0.15, 0.2) is 12.1 Å². The van der Waals surface area contributed by atoms with Crippen molar-refractivity contribution in [3.8, 4) is 5.75 Å². The van der Waals surface area contributed by atoms with E-state index in [0.717, 1.165) is 12.1 Å². The molecule has 0 aliphatic carbocycles. The van der Waals surface area contributed by atoms with Crippen molar-refractivity contribution in [2.75, 3.05) is 6.61 Å². The number of phenolic OH excluding ortho intramolecular Hbond substituents is 1. The van der Waals surface area contributed by atoms with Crippen molar-refractivity contribution in [1.82, 2.24) is 0 Å². The van der Waals surface area contributed by atoms with E-state index in [4.69, 9.17) is 0 Å². The van der Waals surface area contributed by atoms with E-state index in [2.05, 4.69) is 4.74 Å². The van der Waals surface area contributed by atoms with Crippen LogP contribution in [-0.2, 0) is 15.1 Å². The van der Waals surface area contributed by atoms with Crippen molar-refractivity contribution >= 4 is 5.97 Å². The van der Waals surface area contributed by atoms with E-state index in [1.54, 1.807) is 0 Å². The van der Waals surface area contributed by atoms with Crippen molar-refractivity contribution < 1.29 is 32.9 Å². The fourth-order valence-corrected chi connectivity index (χ4v) is 2.11. The van der Waals surface area contributed by atoms with Gasteiger partial charge in [-0.2, -0.15) is 13.2 Å². The van der Waals surface area contributed by atoms with Crippen LogP contribution in [0.4, 0.5) is 13.2 Å². The summed E-state index contributed by atoms with van der Waals surface area (Å²) in [5.41, 5.74) is -4.50. The molecule has 112 valence electrons. The molecule has 0 saturated carbocycles. The van der Waals surface area contributed by atoms with E-state index in [1.807, 2.05) is 0 Å². The van der Waals surface area contributed by atoms with Crippen molar-refractivity contribution in [3.63, 3.8) is 0 Å². The molecule has 7 heteroatoms. The molecule has 0 aliphatic rings. The van der Waals surface area contributed by atoms with Gasteiger partial charge in [0.05, 0.1) is 6.61 Å². The Morgan fingerprint density at radius 3 is 2.05 bits per heavy atom. The van der Waals surface area contributed by atoms with E-state index < -0.39 is 23.3 Å². The van der Waals surface area contributed by atoms with Gasteiger partial charge in [-0.15, -0.1) is 0 Å². The summed E-state index contributed by atoms with van der Waals surface area (Å²) in [5.74, 6) is -2.04. The van der Waals surface area contributed by atoms with Gasteiger partial charge in [0, 0.05) is 5.56 Å². The minimum atomic E-state index is -5.24. The Morgan fingerprint density at radius 2 is 1.70 bits per heavy atom. The summed E-state index contributed by atoms with van der Waals surface area (Å²) in [6, 6.07) is 2.08. The summed E-state index contributed by atoms with van der Waals surface area (Å²) in [6.07, 6.45) is -5.24. The molecule has 2 N–H and O–H groups in total. The predicted octanol–water partition coefficient (Wildman–Crippen LogP) is 2.32. The number of halogens is 3. The molecule has 0 aliphatic heterocycles. The van der Waals surface area contributed by atoms with Gasteiger partial charge in [-0.1, -0.05) is 0 Å². The number of aromatic hydroxyl groups is 1. The molecule has 20 heavy (non-hydrogen) atoms. The lowest BCUT2D eigenvalue weighted by atomic mass is 9.86. The van der Waals surface area contributed by atoms with Gasteiger partial charge < -0.3 is 14.9 Å². The first-order valence-corrected chi connectivity index (χ1v) is 5.82.